The minimum Gasteiger partial charge on any atom is -0.481 e. The topological polar surface area (TPSA) is 77.8 Å². The van der Waals surface area contributed by atoms with Gasteiger partial charge in [-0.2, -0.15) is 0 Å². The van der Waals surface area contributed by atoms with Gasteiger partial charge in [-0.25, -0.2) is 0 Å². The Kier molecular flexibility index (Phi) is 15.1. The largest absolute Gasteiger partial charge is 0.481 e. The third-order valence-electron chi connectivity index (χ3n) is 3.47. The van der Waals surface area contributed by atoms with E-state index < -0.39 is 12.1 Å². The quantitative estimate of drug-likeness (QED) is 0.329. The van der Waals surface area contributed by atoms with Crippen LogP contribution in [0.5, 0.6) is 0 Å². The summed E-state index contributed by atoms with van der Waals surface area (Å²) in [6.07, 6.45) is 20.3. The van der Waals surface area contributed by atoms with E-state index in [1.54, 1.807) is 6.08 Å². The van der Waals surface area contributed by atoms with Crippen molar-refractivity contribution in [3.05, 3.63) is 48.6 Å². The molecule has 4 heteroatoms. The number of carbonyl (C=O) groups is 1. The van der Waals surface area contributed by atoms with Crippen LogP contribution in [0, 0.1) is 0 Å². The summed E-state index contributed by atoms with van der Waals surface area (Å²) < 4.78 is 0. The lowest BCUT2D eigenvalue weighted by Gasteiger charge is -2.07. The highest BCUT2D eigenvalue weighted by Crippen LogP contribution is 2.07. The monoisotopic (exact) mass is 336 g/mol. The van der Waals surface area contributed by atoms with Crippen molar-refractivity contribution in [2.24, 2.45) is 0 Å². The maximum absolute atomic E-state index is 10.4. The summed E-state index contributed by atoms with van der Waals surface area (Å²) in [5.41, 5.74) is 0. The van der Waals surface area contributed by atoms with Crippen LogP contribution in [0.3, 0.4) is 0 Å². The molecule has 0 rings (SSSR count). The van der Waals surface area contributed by atoms with Crippen LogP contribution in [-0.2, 0) is 4.79 Å². The average Bonchev–Trinajstić information content (AvgIpc) is 2.55. The second kappa shape index (κ2) is 16.2. The molecule has 0 heterocycles. The van der Waals surface area contributed by atoms with Crippen molar-refractivity contribution in [1.82, 2.24) is 0 Å². The van der Waals surface area contributed by atoms with Gasteiger partial charge in [0.05, 0.1) is 12.2 Å². The van der Waals surface area contributed by atoms with E-state index in [2.05, 4.69) is 24.3 Å². The van der Waals surface area contributed by atoms with Crippen molar-refractivity contribution < 1.29 is 20.1 Å². The van der Waals surface area contributed by atoms with Crippen molar-refractivity contribution in [1.29, 1.82) is 0 Å². The van der Waals surface area contributed by atoms with E-state index in [0.29, 0.717) is 19.3 Å². The molecule has 0 saturated carbocycles. The summed E-state index contributed by atoms with van der Waals surface area (Å²) in [7, 11) is 0. The first-order chi connectivity index (χ1) is 11.6. The lowest BCUT2D eigenvalue weighted by molar-refractivity contribution is -0.137. The molecule has 0 aromatic carbocycles. The van der Waals surface area contributed by atoms with Gasteiger partial charge in [-0.1, -0.05) is 55.5 Å². The van der Waals surface area contributed by atoms with Gasteiger partial charge >= 0.3 is 5.97 Å². The highest BCUT2D eigenvalue weighted by molar-refractivity contribution is 5.66. The summed E-state index contributed by atoms with van der Waals surface area (Å²) in [5.74, 6) is -0.807. The molecule has 3 N–H and O–H groups in total. The van der Waals surface area contributed by atoms with Crippen molar-refractivity contribution in [3.63, 3.8) is 0 Å². The number of carboxylic acids is 1. The predicted octanol–water partition coefficient (Wildman–Crippen LogP) is 4.16. The Hall–Kier alpha value is -1.65. The number of hydrogen-bond acceptors (Lipinski definition) is 3. The van der Waals surface area contributed by atoms with Crippen LogP contribution in [0.2, 0.25) is 0 Å². The molecule has 0 aliphatic carbocycles. The molecule has 0 saturated heterocycles. The smallest absolute Gasteiger partial charge is 0.303 e. The molecule has 2 atom stereocenters. The number of aliphatic carboxylic acids is 1. The zero-order valence-corrected chi connectivity index (χ0v) is 14.7. The van der Waals surface area contributed by atoms with Crippen molar-refractivity contribution in [3.8, 4) is 0 Å². The number of aliphatic hydroxyl groups excluding tert-OH is 2. The molecular formula is C20H32O4. The lowest BCUT2D eigenvalue weighted by Crippen LogP contribution is -2.06. The Balaban J connectivity index is 3.59. The maximum Gasteiger partial charge on any atom is 0.303 e. The molecule has 0 spiro atoms. The Morgan fingerprint density at radius 1 is 0.958 bits per heavy atom. The van der Waals surface area contributed by atoms with Gasteiger partial charge in [0.2, 0.25) is 0 Å². The molecule has 24 heavy (non-hydrogen) atoms. The first-order valence-corrected chi connectivity index (χ1v) is 8.77. The van der Waals surface area contributed by atoms with Gasteiger partial charge in [-0.05, 0) is 44.9 Å². The second-order valence-electron chi connectivity index (χ2n) is 5.72. The first-order valence-electron chi connectivity index (χ1n) is 8.77. The van der Waals surface area contributed by atoms with Crippen LogP contribution in [0.1, 0.15) is 58.3 Å². The molecule has 136 valence electrons. The predicted molar refractivity (Wildman–Crippen MR) is 98.8 cm³/mol. The minimum atomic E-state index is -0.807. The van der Waals surface area contributed by atoms with Crippen molar-refractivity contribution >= 4 is 5.97 Å². The summed E-state index contributed by atoms with van der Waals surface area (Å²) in [6.45, 7) is 1.94. The van der Waals surface area contributed by atoms with E-state index in [1.807, 2.05) is 25.2 Å². The lowest BCUT2D eigenvalue weighted by atomic mass is 10.1. The fraction of sp³-hybridized carbons (Fsp3) is 0.550. The van der Waals surface area contributed by atoms with Crippen LogP contribution in [0.4, 0.5) is 0 Å². The molecule has 0 aliphatic rings. The standard InChI is InChI=1S/C20H32O4/c1-2-18(21)14-11-9-7-5-3-4-6-8-10-12-15-19(22)16-13-17-20(23)24/h3-4,7-11,14,18-19,21-22H,2,5-6,12-13,15-17H2,1H3,(H,23,24)/b4-3-,9-7-,10-8-,14-11+/t18?,19-/m1/s1. The number of hydrogen-bond donors (Lipinski definition) is 3. The molecule has 0 aromatic heterocycles. The van der Waals surface area contributed by atoms with Gasteiger partial charge in [0, 0.05) is 6.42 Å². The molecule has 0 amide bonds. The summed E-state index contributed by atoms with van der Waals surface area (Å²) in [4.78, 5) is 10.4. The summed E-state index contributed by atoms with van der Waals surface area (Å²) in [5, 5.41) is 27.5. The zero-order valence-electron chi connectivity index (χ0n) is 14.7. The van der Waals surface area contributed by atoms with E-state index in [9.17, 15) is 15.0 Å². The molecule has 0 bridgehead atoms. The van der Waals surface area contributed by atoms with Crippen LogP contribution in [0.15, 0.2) is 48.6 Å². The zero-order chi connectivity index (χ0) is 18.0. The molecular weight excluding hydrogens is 304 g/mol. The van der Waals surface area contributed by atoms with Gasteiger partial charge < -0.3 is 15.3 Å². The first kappa shape index (κ1) is 22.4. The normalized spacial score (nSPS) is 15.1. The molecule has 0 fully saturated rings. The fourth-order valence-corrected chi connectivity index (χ4v) is 1.97. The van der Waals surface area contributed by atoms with E-state index in [0.717, 1.165) is 25.7 Å². The summed E-state index contributed by atoms with van der Waals surface area (Å²) in [6, 6.07) is 0. The van der Waals surface area contributed by atoms with Gasteiger partial charge in [0.1, 0.15) is 0 Å². The fourth-order valence-electron chi connectivity index (χ4n) is 1.97. The molecule has 0 radical (unpaired) electrons. The van der Waals surface area contributed by atoms with Crippen LogP contribution < -0.4 is 0 Å². The SMILES string of the molecule is CCC(O)/C=C/C=C\C/C=C\C/C=C\CC[C@@H](O)CCCC(=O)O. The van der Waals surface area contributed by atoms with Gasteiger partial charge in [-0.15, -0.1) is 0 Å². The minimum absolute atomic E-state index is 0.126. The number of aliphatic hydroxyl groups is 2. The number of rotatable bonds is 14. The van der Waals surface area contributed by atoms with E-state index in [1.165, 1.54) is 0 Å². The molecule has 0 aliphatic heterocycles. The van der Waals surface area contributed by atoms with E-state index in [4.69, 9.17) is 5.11 Å². The third kappa shape index (κ3) is 16.7. The van der Waals surface area contributed by atoms with Crippen LogP contribution in [-0.4, -0.2) is 33.5 Å². The highest BCUT2D eigenvalue weighted by Gasteiger charge is 2.04. The molecule has 1 unspecified atom stereocenters. The van der Waals surface area contributed by atoms with E-state index in [-0.39, 0.29) is 12.5 Å². The Morgan fingerprint density at radius 3 is 2.29 bits per heavy atom. The van der Waals surface area contributed by atoms with Crippen molar-refractivity contribution in [2.45, 2.75) is 70.5 Å². The van der Waals surface area contributed by atoms with Crippen LogP contribution >= 0.6 is 0 Å². The summed E-state index contributed by atoms with van der Waals surface area (Å²) >= 11 is 0. The highest BCUT2D eigenvalue weighted by atomic mass is 16.4. The van der Waals surface area contributed by atoms with Gasteiger partial charge in [0.15, 0.2) is 0 Å². The third-order valence-corrected chi connectivity index (χ3v) is 3.47. The van der Waals surface area contributed by atoms with Gasteiger partial charge in [0.25, 0.3) is 0 Å². The molecule has 4 nitrogen and oxygen atoms in total. The Labute approximate surface area is 145 Å². The maximum atomic E-state index is 10.4. The Bertz CT molecular complexity index is 421. The number of carboxylic acid groups (broad SMARTS) is 1. The van der Waals surface area contributed by atoms with Gasteiger partial charge in [-0.3, -0.25) is 4.79 Å². The van der Waals surface area contributed by atoms with Crippen LogP contribution in [0.25, 0.3) is 0 Å². The van der Waals surface area contributed by atoms with E-state index >= 15 is 0 Å². The Morgan fingerprint density at radius 2 is 1.62 bits per heavy atom. The number of allylic oxidation sites excluding steroid dienone is 7. The average molecular weight is 336 g/mol. The molecule has 0 aromatic rings. The van der Waals surface area contributed by atoms with Crippen molar-refractivity contribution in [2.75, 3.05) is 0 Å². The second-order valence-corrected chi connectivity index (χ2v) is 5.72.